The van der Waals surface area contributed by atoms with Crippen LogP contribution in [0.3, 0.4) is 0 Å². The summed E-state index contributed by atoms with van der Waals surface area (Å²) in [6.45, 7) is 1.70. The smallest absolute Gasteiger partial charge is 0.416 e. The number of benzene rings is 2. The van der Waals surface area contributed by atoms with Gasteiger partial charge in [-0.15, -0.1) is 0 Å². The van der Waals surface area contributed by atoms with E-state index in [0.717, 1.165) is 36.2 Å². The molecular formula is C24H23F3N2O. The molecule has 0 saturated carbocycles. The van der Waals surface area contributed by atoms with Gasteiger partial charge >= 0.3 is 6.18 Å². The molecule has 3 aromatic rings. The van der Waals surface area contributed by atoms with E-state index in [9.17, 15) is 14.5 Å². The first-order chi connectivity index (χ1) is 14.9. The van der Waals surface area contributed by atoms with Crippen molar-refractivity contribution in [2.24, 2.45) is 0 Å². The standard InChI is InChI=1S/C24H23F3N2O/c25-24(26,27)20-8-10-21(11-9-20)30-16-4-14-29-15-12-18-5-1-2-7-22(18)23(29)19-6-3-13-28-17-19/h1-3,5-11,13,17,23H,4,12,14-16H2/i23D. The second-order valence-electron chi connectivity index (χ2n) is 7.21. The van der Waals surface area contributed by atoms with Crippen molar-refractivity contribution in [3.8, 4) is 5.75 Å². The summed E-state index contributed by atoms with van der Waals surface area (Å²) in [6, 6.07) is 15.5. The molecule has 1 atom stereocenters. The van der Waals surface area contributed by atoms with Gasteiger partial charge in [0.25, 0.3) is 0 Å². The van der Waals surface area contributed by atoms with Crippen LogP contribution in [0.2, 0.25) is 0 Å². The first kappa shape index (κ1) is 19.1. The third-order valence-corrected chi connectivity index (χ3v) is 5.20. The SMILES string of the molecule is [2H]C1(c2cccnc2)c2ccccc2CCN1CCCOc1ccc(C(F)(F)F)cc1. The Morgan fingerprint density at radius 3 is 2.60 bits per heavy atom. The molecule has 0 saturated heterocycles. The highest BCUT2D eigenvalue weighted by atomic mass is 19.4. The van der Waals surface area contributed by atoms with E-state index in [4.69, 9.17) is 4.74 Å². The van der Waals surface area contributed by atoms with Crippen LogP contribution in [-0.4, -0.2) is 29.6 Å². The lowest BCUT2D eigenvalue weighted by Crippen LogP contribution is -2.37. The molecule has 1 aromatic heterocycles. The molecule has 2 aromatic carbocycles. The largest absolute Gasteiger partial charge is 0.494 e. The molecule has 0 aliphatic carbocycles. The zero-order valence-electron chi connectivity index (χ0n) is 17.4. The van der Waals surface area contributed by atoms with Crippen LogP contribution in [0.1, 0.15) is 36.1 Å². The zero-order valence-corrected chi connectivity index (χ0v) is 16.4. The van der Waals surface area contributed by atoms with Gasteiger partial charge in [0.05, 0.1) is 19.6 Å². The molecule has 6 heteroatoms. The van der Waals surface area contributed by atoms with Gasteiger partial charge in [0.1, 0.15) is 5.75 Å². The number of ether oxygens (including phenoxy) is 1. The van der Waals surface area contributed by atoms with Crippen LogP contribution >= 0.6 is 0 Å². The summed E-state index contributed by atoms with van der Waals surface area (Å²) >= 11 is 0. The van der Waals surface area contributed by atoms with Gasteiger partial charge in [-0.05, 0) is 59.9 Å². The Morgan fingerprint density at radius 2 is 1.87 bits per heavy atom. The van der Waals surface area contributed by atoms with Gasteiger partial charge < -0.3 is 4.74 Å². The lowest BCUT2D eigenvalue weighted by Gasteiger charge is -2.37. The fourth-order valence-electron chi connectivity index (χ4n) is 3.76. The molecule has 0 radical (unpaired) electrons. The van der Waals surface area contributed by atoms with Crippen molar-refractivity contribution in [2.45, 2.75) is 25.0 Å². The Labute approximate surface area is 175 Å². The Hall–Kier alpha value is -2.86. The molecule has 0 fully saturated rings. The van der Waals surface area contributed by atoms with E-state index in [0.29, 0.717) is 25.3 Å². The number of alkyl halides is 3. The number of aromatic nitrogens is 1. The van der Waals surface area contributed by atoms with Gasteiger partial charge in [0, 0.05) is 25.5 Å². The van der Waals surface area contributed by atoms with E-state index in [1.54, 1.807) is 12.4 Å². The fourth-order valence-corrected chi connectivity index (χ4v) is 3.76. The zero-order chi connectivity index (χ0) is 21.9. The van der Waals surface area contributed by atoms with Gasteiger partial charge in [0.15, 0.2) is 0 Å². The van der Waals surface area contributed by atoms with E-state index in [1.165, 1.54) is 17.7 Å². The van der Waals surface area contributed by atoms with E-state index in [-0.39, 0.29) is 0 Å². The molecule has 1 aliphatic rings. The molecule has 1 unspecified atom stereocenters. The van der Waals surface area contributed by atoms with Crippen molar-refractivity contribution in [3.05, 3.63) is 95.3 Å². The molecule has 156 valence electrons. The Balaban J connectivity index is 1.44. The Bertz CT molecular complexity index is 1010. The molecule has 0 spiro atoms. The highest BCUT2D eigenvalue weighted by molar-refractivity contribution is 5.38. The summed E-state index contributed by atoms with van der Waals surface area (Å²) in [6.07, 6.45) is 0.582. The van der Waals surface area contributed by atoms with Gasteiger partial charge in [0.2, 0.25) is 0 Å². The quantitative estimate of drug-likeness (QED) is 0.498. The highest BCUT2D eigenvalue weighted by Gasteiger charge is 2.30. The first-order valence-electron chi connectivity index (χ1n) is 10.4. The third-order valence-electron chi connectivity index (χ3n) is 5.20. The van der Waals surface area contributed by atoms with Crippen LogP contribution in [-0.2, 0) is 12.6 Å². The molecule has 2 heterocycles. The maximum Gasteiger partial charge on any atom is 0.416 e. The van der Waals surface area contributed by atoms with Crippen LogP contribution in [0, 0.1) is 0 Å². The fraction of sp³-hybridized carbons (Fsp3) is 0.292. The normalized spacial score (nSPS) is 19.8. The number of hydrogen-bond donors (Lipinski definition) is 0. The lowest BCUT2D eigenvalue weighted by atomic mass is 9.89. The Morgan fingerprint density at radius 1 is 1.07 bits per heavy atom. The summed E-state index contributed by atoms with van der Waals surface area (Å²) in [4.78, 5) is 6.33. The average Bonchev–Trinajstić information content (AvgIpc) is 2.78. The lowest BCUT2D eigenvalue weighted by molar-refractivity contribution is -0.137. The van der Waals surface area contributed by atoms with Crippen molar-refractivity contribution >= 4 is 0 Å². The molecule has 1 aliphatic heterocycles. The minimum atomic E-state index is -4.35. The molecular weight excluding hydrogens is 389 g/mol. The van der Waals surface area contributed by atoms with Gasteiger partial charge in [-0.2, -0.15) is 13.2 Å². The second kappa shape index (κ2) is 8.88. The van der Waals surface area contributed by atoms with Gasteiger partial charge in [-0.25, -0.2) is 0 Å². The van der Waals surface area contributed by atoms with E-state index in [2.05, 4.69) is 16.0 Å². The number of pyridine rings is 1. The minimum absolute atomic E-state index is 0.354. The molecule has 0 bridgehead atoms. The van der Waals surface area contributed by atoms with Crippen molar-refractivity contribution < 1.29 is 19.3 Å². The van der Waals surface area contributed by atoms with Crippen LogP contribution < -0.4 is 4.74 Å². The predicted molar refractivity (Wildman–Crippen MR) is 109 cm³/mol. The topological polar surface area (TPSA) is 25.4 Å². The minimum Gasteiger partial charge on any atom is -0.494 e. The summed E-state index contributed by atoms with van der Waals surface area (Å²) in [5, 5.41) is 0. The highest BCUT2D eigenvalue weighted by Crippen LogP contribution is 2.35. The van der Waals surface area contributed by atoms with Gasteiger partial charge in [-0.1, -0.05) is 30.3 Å². The summed E-state index contributed by atoms with van der Waals surface area (Å²) in [5.41, 5.74) is 2.24. The number of halogens is 3. The second-order valence-corrected chi connectivity index (χ2v) is 7.21. The summed E-state index contributed by atoms with van der Waals surface area (Å²) < 4.78 is 53.1. The maximum absolute atomic E-state index is 12.7. The van der Waals surface area contributed by atoms with Gasteiger partial charge in [-0.3, -0.25) is 9.88 Å². The number of hydrogen-bond acceptors (Lipinski definition) is 3. The Kier molecular flexibility index (Phi) is 5.66. The van der Waals surface area contributed by atoms with Crippen molar-refractivity contribution in [1.29, 1.82) is 0 Å². The third kappa shape index (κ3) is 4.65. The molecule has 4 rings (SSSR count). The molecule has 3 nitrogen and oxygen atoms in total. The van der Waals surface area contributed by atoms with E-state index < -0.39 is 17.8 Å². The molecule has 0 N–H and O–H groups in total. The van der Waals surface area contributed by atoms with Crippen molar-refractivity contribution in [3.63, 3.8) is 0 Å². The summed E-state index contributed by atoms with van der Waals surface area (Å²) in [5.74, 6) is 0.404. The number of nitrogens with zero attached hydrogens (tertiary/aromatic N) is 2. The first-order valence-corrected chi connectivity index (χ1v) is 9.93. The number of fused-ring (bicyclic) bond motifs is 1. The predicted octanol–water partition coefficient (Wildman–Crippen LogP) is 5.52. The van der Waals surface area contributed by atoms with E-state index >= 15 is 0 Å². The van der Waals surface area contributed by atoms with Crippen LogP contribution in [0.15, 0.2) is 73.1 Å². The van der Waals surface area contributed by atoms with E-state index in [1.807, 2.05) is 30.3 Å². The van der Waals surface area contributed by atoms with Crippen LogP contribution in [0.4, 0.5) is 13.2 Å². The number of rotatable bonds is 6. The van der Waals surface area contributed by atoms with Crippen molar-refractivity contribution in [1.82, 2.24) is 9.88 Å². The molecule has 30 heavy (non-hydrogen) atoms. The van der Waals surface area contributed by atoms with Crippen molar-refractivity contribution in [2.75, 3.05) is 19.7 Å². The summed E-state index contributed by atoms with van der Waals surface area (Å²) in [7, 11) is 0. The molecule has 0 amide bonds. The maximum atomic E-state index is 12.7. The average molecular weight is 413 g/mol. The van der Waals surface area contributed by atoms with Crippen LogP contribution in [0.25, 0.3) is 0 Å². The van der Waals surface area contributed by atoms with Crippen LogP contribution in [0.5, 0.6) is 5.75 Å². The monoisotopic (exact) mass is 413 g/mol.